The third-order valence-corrected chi connectivity index (χ3v) is 3.67. The molecule has 1 aromatic rings. The van der Waals surface area contributed by atoms with Crippen molar-refractivity contribution in [2.75, 3.05) is 25.5 Å². The van der Waals surface area contributed by atoms with E-state index in [1.54, 1.807) is 19.0 Å². The van der Waals surface area contributed by atoms with Crippen LogP contribution in [0, 0.1) is 10.1 Å². The summed E-state index contributed by atoms with van der Waals surface area (Å²) in [5.41, 5.74) is -0.0901. The summed E-state index contributed by atoms with van der Waals surface area (Å²) in [7, 11) is 3.28. The Morgan fingerprint density at radius 1 is 1.48 bits per heavy atom. The average Bonchev–Trinajstić information content (AvgIpc) is 2.94. The van der Waals surface area contributed by atoms with E-state index in [4.69, 9.17) is 0 Å². The fourth-order valence-electron chi connectivity index (χ4n) is 2.65. The first kappa shape index (κ1) is 16.9. The number of anilines is 1. The van der Waals surface area contributed by atoms with Crippen molar-refractivity contribution in [2.24, 2.45) is 0 Å². The molecule has 1 unspecified atom stereocenters. The molecule has 1 amide bonds. The number of halogens is 2. The largest absolute Gasteiger partial charge is 0.427 e. The van der Waals surface area contributed by atoms with Crippen LogP contribution in [-0.4, -0.2) is 49.0 Å². The summed E-state index contributed by atoms with van der Waals surface area (Å²) in [6, 6.07) is 3.33. The number of nitrogens with zero attached hydrogens (tertiary/aromatic N) is 3. The highest BCUT2D eigenvalue weighted by Crippen LogP contribution is 2.35. The zero-order chi connectivity index (χ0) is 17.1. The quantitative estimate of drug-likeness (QED) is 0.612. The molecule has 2 rings (SSSR count). The number of nitro groups is 1. The molecule has 7 nitrogen and oxygen atoms in total. The summed E-state index contributed by atoms with van der Waals surface area (Å²) < 4.78 is 29.2. The first-order chi connectivity index (χ1) is 10.8. The van der Waals surface area contributed by atoms with Crippen LogP contribution in [-0.2, 0) is 4.79 Å². The monoisotopic (exact) mass is 329 g/mol. The number of hydrogen-bond acceptors (Lipinski definition) is 5. The van der Waals surface area contributed by atoms with E-state index in [1.165, 1.54) is 17.0 Å². The van der Waals surface area contributed by atoms with Gasteiger partial charge in [-0.3, -0.25) is 14.9 Å². The Morgan fingerprint density at radius 2 is 2.17 bits per heavy atom. The number of rotatable bonds is 5. The Kier molecular flexibility index (Phi) is 4.97. The number of amides is 1. The van der Waals surface area contributed by atoms with E-state index in [2.05, 4.69) is 4.74 Å². The molecule has 1 saturated heterocycles. The van der Waals surface area contributed by atoms with Crippen molar-refractivity contribution in [3.05, 3.63) is 28.3 Å². The normalized spacial score (nSPS) is 17.4. The summed E-state index contributed by atoms with van der Waals surface area (Å²) in [4.78, 5) is 25.5. The first-order valence-corrected chi connectivity index (χ1v) is 7.02. The highest BCUT2D eigenvalue weighted by molar-refractivity contribution is 5.85. The number of benzene rings is 1. The fraction of sp³-hybridized carbons (Fsp3) is 0.500. The van der Waals surface area contributed by atoms with Gasteiger partial charge in [-0.1, -0.05) is 0 Å². The molecule has 23 heavy (non-hydrogen) atoms. The van der Waals surface area contributed by atoms with Gasteiger partial charge in [0.25, 0.3) is 0 Å². The van der Waals surface area contributed by atoms with Crippen LogP contribution in [0.5, 0.6) is 5.75 Å². The molecule has 1 heterocycles. The van der Waals surface area contributed by atoms with Gasteiger partial charge in [-0.2, -0.15) is 8.78 Å². The molecule has 1 fully saturated rings. The number of nitro benzene ring substituents is 1. The maximum atomic E-state index is 12.5. The Morgan fingerprint density at radius 3 is 2.74 bits per heavy atom. The van der Waals surface area contributed by atoms with E-state index in [1.807, 2.05) is 0 Å². The second kappa shape index (κ2) is 6.76. The van der Waals surface area contributed by atoms with Crippen LogP contribution < -0.4 is 9.64 Å². The van der Waals surface area contributed by atoms with Gasteiger partial charge in [0, 0.05) is 38.5 Å². The topological polar surface area (TPSA) is 75.9 Å². The predicted octanol–water partition coefficient (Wildman–Crippen LogP) is 2.25. The Bertz CT molecular complexity index is 610. The van der Waals surface area contributed by atoms with Crippen LogP contribution in [0.15, 0.2) is 18.2 Å². The Hall–Kier alpha value is -2.45. The van der Waals surface area contributed by atoms with E-state index in [9.17, 15) is 23.7 Å². The zero-order valence-corrected chi connectivity index (χ0v) is 12.7. The maximum absolute atomic E-state index is 12.5. The van der Waals surface area contributed by atoms with Crippen LogP contribution in [0.3, 0.4) is 0 Å². The summed E-state index contributed by atoms with van der Waals surface area (Å²) >= 11 is 0. The molecule has 0 saturated carbocycles. The smallest absolute Gasteiger partial charge is 0.387 e. The van der Waals surface area contributed by atoms with Gasteiger partial charge in [0.15, 0.2) is 0 Å². The van der Waals surface area contributed by atoms with E-state index in [-0.39, 0.29) is 5.91 Å². The van der Waals surface area contributed by atoms with Crippen molar-refractivity contribution in [1.29, 1.82) is 0 Å². The van der Waals surface area contributed by atoms with E-state index in [0.29, 0.717) is 18.7 Å². The molecular formula is C14H17F2N3O4. The van der Waals surface area contributed by atoms with Crippen LogP contribution in [0.4, 0.5) is 20.2 Å². The van der Waals surface area contributed by atoms with Gasteiger partial charge in [-0.25, -0.2) is 0 Å². The average molecular weight is 329 g/mol. The summed E-state index contributed by atoms with van der Waals surface area (Å²) in [5, 5.41) is 10.9. The van der Waals surface area contributed by atoms with Crippen molar-refractivity contribution in [1.82, 2.24) is 4.90 Å². The lowest BCUT2D eigenvalue weighted by Crippen LogP contribution is -2.42. The fourth-order valence-corrected chi connectivity index (χ4v) is 2.65. The molecule has 1 atom stereocenters. The van der Waals surface area contributed by atoms with Gasteiger partial charge >= 0.3 is 12.3 Å². The van der Waals surface area contributed by atoms with E-state index >= 15 is 0 Å². The molecule has 0 N–H and O–H groups in total. The molecular weight excluding hydrogens is 312 g/mol. The van der Waals surface area contributed by atoms with Crippen molar-refractivity contribution in [2.45, 2.75) is 25.5 Å². The van der Waals surface area contributed by atoms with E-state index in [0.717, 1.165) is 12.5 Å². The molecule has 1 aliphatic rings. The third kappa shape index (κ3) is 3.66. The second-order valence-corrected chi connectivity index (χ2v) is 5.37. The van der Waals surface area contributed by atoms with Gasteiger partial charge in [-0.05, 0) is 18.9 Å². The zero-order valence-electron chi connectivity index (χ0n) is 12.7. The standard InChI is InChI=1S/C14H17F2N3O4/c1-17(2)13(20)11-4-3-7-18(11)9-5-6-10(19(21)22)12(8-9)23-14(15)16/h5-6,8,11,14H,3-4,7H2,1-2H3. The number of hydrogen-bond donors (Lipinski definition) is 0. The van der Waals surface area contributed by atoms with Crippen LogP contribution in [0.2, 0.25) is 0 Å². The number of carbonyl (C=O) groups is 1. The molecule has 1 aliphatic heterocycles. The lowest BCUT2D eigenvalue weighted by molar-refractivity contribution is -0.386. The van der Waals surface area contributed by atoms with Crippen LogP contribution >= 0.6 is 0 Å². The van der Waals surface area contributed by atoms with Crippen molar-refractivity contribution < 1.29 is 23.2 Å². The van der Waals surface area contributed by atoms with Gasteiger partial charge < -0.3 is 14.5 Å². The molecule has 126 valence electrons. The van der Waals surface area contributed by atoms with Crippen LogP contribution in [0.1, 0.15) is 12.8 Å². The van der Waals surface area contributed by atoms with Crippen molar-refractivity contribution in [3.8, 4) is 5.75 Å². The lowest BCUT2D eigenvalue weighted by Gasteiger charge is -2.28. The molecule has 0 spiro atoms. The lowest BCUT2D eigenvalue weighted by atomic mass is 10.1. The van der Waals surface area contributed by atoms with Crippen LogP contribution in [0.25, 0.3) is 0 Å². The summed E-state index contributed by atoms with van der Waals surface area (Å²) in [6.07, 6.45) is 1.41. The van der Waals surface area contributed by atoms with Crippen molar-refractivity contribution >= 4 is 17.3 Å². The molecule has 0 aliphatic carbocycles. The molecule has 0 aromatic heterocycles. The van der Waals surface area contributed by atoms with Gasteiger partial charge in [0.1, 0.15) is 6.04 Å². The highest BCUT2D eigenvalue weighted by atomic mass is 19.3. The first-order valence-electron chi connectivity index (χ1n) is 7.02. The van der Waals surface area contributed by atoms with Gasteiger partial charge in [-0.15, -0.1) is 0 Å². The molecule has 0 bridgehead atoms. The number of alkyl halides is 2. The molecule has 9 heteroatoms. The number of carbonyl (C=O) groups excluding carboxylic acids is 1. The number of likely N-dealkylation sites (N-methyl/N-ethyl adjacent to an activating group) is 1. The highest BCUT2D eigenvalue weighted by Gasteiger charge is 2.33. The second-order valence-electron chi connectivity index (χ2n) is 5.37. The number of ether oxygens (including phenoxy) is 1. The Labute approximate surface area is 131 Å². The van der Waals surface area contributed by atoms with Gasteiger partial charge in [0.05, 0.1) is 4.92 Å². The van der Waals surface area contributed by atoms with Gasteiger partial charge in [0.2, 0.25) is 11.7 Å². The molecule has 1 aromatic carbocycles. The Balaban J connectivity index is 2.35. The minimum absolute atomic E-state index is 0.0998. The third-order valence-electron chi connectivity index (χ3n) is 3.67. The summed E-state index contributed by atoms with van der Waals surface area (Å²) in [5.74, 6) is -0.609. The minimum atomic E-state index is -3.17. The summed E-state index contributed by atoms with van der Waals surface area (Å²) in [6.45, 7) is -2.60. The molecule has 0 radical (unpaired) electrons. The predicted molar refractivity (Wildman–Crippen MR) is 78.8 cm³/mol. The van der Waals surface area contributed by atoms with E-state index < -0.39 is 29.0 Å². The minimum Gasteiger partial charge on any atom is -0.427 e. The maximum Gasteiger partial charge on any atom is 0.387 e. The SMILES string of the molecule is CN(C)C(=O)C1CCCN1c1ccc([N+](=O)[O-])c(OC(F)F)c1. The van der Waals surface area contributed by atoms with Crippen molar-refractivity contribution in [3.63, 3.8) is 0 Å².